The molecule has 348 valence electrons. The topological polar surface area (TPSA) is 153 Å². The second kappa shape index (κ2) is 15.7. The number of fused-ring (bicyclic) bond motifs is 5. The number of aromatic nitrogens is 4. The quantitative estimate of drug-likeness (QED) is 0.135. The van der Waals surface area contributed by atoms with E-state index in [9.17, 15) is 22.8 Å². The van der Waals surface area contributed by atoms with Crippen molar-refractivity contribution in [3.8, 4) is 34.3 Å². The number of carbonyl (C=O) groups excluding carboxylic acids is 2. The second-order valence-corrected chi connectivity index (χ2v) is 25.2. The molecule has 7 rings (SSSR count). The molecule has 2 N–H and O–H groups in total. The molecule has 3 aliphatic rings. The van der Waals surface area contributed by atoms with E-state index in [1.54, 1.807) is 66.4 Å². The van der Waals surface area contributed by atoms with Gasteiger partial charge in [-0.05, 0) is 104 Å². The molecule has 20 heteroatoms. The lowest BCUT2D eigenvalue weighted by Crippen LogP contribution is -2.72. The first kappa shape index (κ1) is 46.7. The first-order chi connectivity index (χ1) is 29.4. The highest BCUT2D eigenvalue weighted by Gasteiger charge is 2.62. The molecule has 0 radical (unpaired) electrons. The summed E-state index contributed by atoms with van der Waals surface area (Å²) >= 11 is 0. The lowest BCUT2D eigenvalue weighted by atomic mass is 9.92. The van der Waals surface area contributed by atoms with Crippen molar-refractivity contribution in [2.75, 3.05) is 23.4 Å². The molecule has 2 fully saturated rings. The third-order valence-corrected chi connectivity index (χ3v) is 16.8. The first-order valence-electron chi connectivity index (χ1n) is 21.1. The number of nitrogens with one attached hydrogen (secondary N) is 2. The fraction of sp³-hybridized carbons (Fsp3) is 0.568. The fourth-order valence-electron chi connectivity index (χ4n) is 8.58. The predicted molar refractivity (Wildman–Crippen MR) is 232 cm³/mol. The van der Waals surface area contributed by atoms with Gasteiger partial charge in [-0.1, -0.05) is 20.8 Å². The van der Waals surface area contributed by atoms with Crippen LogP contribution >= 0.6 is 0 Å². The maximum Gasteiger partial charge on any atom is 0.573 e. The number of ether oxygens (including phenoxy) is 4. The lowest BCUT2D eigenvalue weighted by Gasteiger charge is -2.54. The summed E-state index contributed by atoms with van der Waals surface area (Å²) < 4.78 is 105. The molecule has 3 aromatic heterocycles. The average Bonchev–Trinajstić information content (AvgIpc) is 3.73. The number of benzene rings is 1. The van der Waals surface area contributed by atoms with Crippen LogP contribution in [0.15, 0.2) is 24.4 Å². The Hall–Kier alpha value is -5.24. The highest BCUT2D eigenvalue weighted by Crippen LogP contribution is 2.53. The van der Waals surface area contributed by atoms with Crippen LogP contribution in [0, 0.1) is 18.6 Å². The Bertz CT molecular complexity index is 2480. The van der Waals surface area contributed by atoms with Gasteiger partial charge >= 0.3 is 18.5 Å². The third kappa shape index (κ3) is 8.78. The largest absolute Gasteiger partial charge is 0.573 e. The molecule has 4 atom stereocenters. The third-order valence-electron chi connectivity index (χ3n) is 12.3. The molecule has 0 saturated carbocycles. The number of hydrogen-bond acceptors (Lipinski definition) is 11. The zero-order chi connectivity index (χ0) is 47.3. The van der Waals surface area contributed by atoms with E-state index in [0.29, 0.717) is 24.6 Å². The molecule has 1 aromatic carbocycles. The van der Waals surface area contributed by atoms with Crippen molar-refractivity contribution in [1.82, 2.24) is 25.1 Å². The highest BCUT2D eigenvalue weighted by atomic mass is 28.4. The number of hydrogen-bond donors (Lipinski definition) is 2. The van der Waals surface area contributed by atoms with Gasteiger partial charge in [-0.25, -0.2) is 28.3 Å². The van der Waals surface area contributed by atoms with Crippen molar-refractivity contribution >= 4 is 42.8 Å². The van der Waals surface area contributed by atoms with Crippen molar-refractivity contribution in [1.29, 1.82) is 0 Å². The van der Waals surface area contributed by atoms with Crippen molar-refractivity contribution in [3.05, 3.63) is 41.6 Å². The van der Waals surface area contributed by atoms with Crippen LogP contribution in [0.1, 0.15) is 87.6 Å². The molecule has 6 heterocycles. The zero-order valence-electron chi connectivity index (χ0n) is 38.4. The van der Waals surface area contributed by atoms with Crippen LogP contribution in [0.3, 0.4) is 0 Å². The fourth-order valence-corrected chi connectivity index (χ4v) is 9.65. The SMILES string of the molecule is Cc1c(-c2ccn[nH]2)nc2c3c(nc(-c4cc(NC(=O)OC(C)(C)C)cc(F)c4OC(F)(F)F)c(F)c13)O[C@@H](C)[C@@H]1[C@@H]3CC[C@](CO[Si](C)(C)C(C)(C)C)(CN21)N3C(=O)OC(C)(C)C. The van der Waals surface area contributed by atoms with Crippen LogP contribution in [0.5, 0.6) is 11.6 Å². The van der Waals surface area contributed by atoms with Crippen molar-refractivity contribution in [2.24, 2.45) is 0 Å². The van der Waals surface area contributed by atoms with Crippen molar-refractivity contribution in [3.63, 3.8) is 0 Å². The number of carbonyl (C=O) groups is 2. The van der Waals surface area contributed by atoms with E-state index >= 15 is 8.78 Å². The standard InChI is InChI=1S/C44H56F5N7O7Si/c1-22-29-30-36(52-32(22)27-15-17-50-54-27)55-20-43(21-59-64(12,13)42(9,10)11)16-14-28(56(43)39(58)63-41(6,7)8)34(55)23(2)60-37(30)53-33(31(29)46)25-18-24(51-38(57)62-40(3,4)5)19-26(45)35(25)61-44(47,48)49/h15,17-19,23,28,34H,14,16,20-21H2,1-13H3,(H,50,54)(H,51,57)/t23-,28-,34+,43+/m0/s1. The molecule has 2 saturated heterocycles. The number of rotatable bonds is 7. The number of alkyl halides is 3. The number of H-pyrrole nitrogens is 1. The van der Waals surface area contributed by atoms with Crippen molar-refractivity contribution in [2.45, 2.75) is 148 Å². The van der Waals surface area contributed by atoms with Gasteiger partial charge in [0, 0.05) is 29.9 Å². The minimum absolute atomic E-state index is 0.101. The maximum absolute atomic E-state index is 17.9. The number of amides is 2. The summed E-state index contributed by atoms with van der Waals surface area (Å²) in [5, 5.41) is 9.10. The van der Waals surface area contributed by atoms with Crippen LogP contribution < -0.4 is 19.7 Å². The van der Waals surface area contributed by atoms with Crippen LogP contribution in [-0.4, -0.2) is 100 Å². The second-order valence-electron chi connectivity index (χ2n) is 20.4. The number of aryl methyl sites for hydroxylation is 1. The van der Waals surface area contributed by atoms with E-state index in [1.807, 2.05) is 4.90 Å². The molecule has 0 spiro atoms. The Morgan fingerprint density at radius 3 is 2.25 bits per heavy atom. The molecule has 0 aliphatic carbocycles. The summed E-state index contributed by atoms with van der Waals surface area (Å²) in [5.74, 6) is -4.10. The van der Waals surface area contributed by atoms with Gasteiger partial charge in [0.2, 0.25) is 5.88 Å². The van der Waals surface area contributed by atoms with Gasteiger partial charge in [0.25, 0.3) is 0 Å². The highest BCUT2D eigenvalue weighted by molar-refractivity contribution is 6.74. The van der Waals surface area contributed by atoms with E-state index in [2.05, 4.69) is 59.1 Å². The molecule has 4 aromatic rings. The lowest BCUT2D eigenvalue weighted by molar-refractivity contribution is -0.275. The molecule has 2 amide bonds. The Balaban J connectivity index is 1.48. The van der Waals surface area contributed by atoms with E-state index in [1.165, 1.54) is 6.20 Å². The Kier molecular flexibility index (Phi) is 11.5. The normalized spacial score (nSPS) is 21.3. The van der Waals surface area contributed by atoms with Gasteiger partial charge in [-0.2, -0.15) is 5.10 Å². The van der Waals surface area contributed by atoms with E-state index < -0.39 is 90.4 Å². The summed E-state index contributed by atoms with van der Waals surface area (Å²) in [6, 6.07) is 1.95. The molecule has 2 bridgehead atoms. The molecule has 14 nitrogen and oxygen atoms in total. The molecular weight excluding hydrogens is 862 g/mol. The minimum Gasteiger partial charge on any atom is -0.472 e. The zero-order valence-corrected chi connectivity index (χ0v) is 39.4. The van der Waals surface area contributed by atoms with E-state index in [-0.39, 0.29) is 57.6 Å². The summed E-state index contributed by atoms with van der Waals surface area (Å²) in [5.41, 5.74) is -3.83. The van der Waals surface area contributed by atoms with E-state index in [4.69, 9.17) is 23.6 Å². The molecular formula is C44H56F5N7O7Si. The molecule has 0 unspecified atom stereocenters. The Morgan fingerprint density at radius 1 is 0.984 bits per heavy atom. The van der Waals surface area contributed by atoms with Gasteiger partial charge in [-0.15, -0.1) is 13.2 Å². The number of piperazine rings is 1. The number of anilines is 2. The monoisotopic (exact) mass is 917 g/mol. The minimum atomic E-state index is -5.42. The Labute approximate surface area is 369 Å². The van der Waals surface area contributed by atoms with Gasteiger partial charge in [0.05, 0.1) is 46.6 Å². The summed E-state index contributed by atoms with van der Waals surface area (Å²) in [7, 11) is -2.41. The van der Waals surface area contributed by atoms with Gasteiger partial charge in [0.1, 0.15) is 28.8 Å². The number of aromatic amines is 1. The summed E-state index contributed by atoms with van der Waals surface area (Å²) in [4.78, 5) is 40.7. The van der Waals surface area contributed by atoms with Crippen LogP contribution in [0.25, 0.3) is 33.4 Å². The summed E-state index contributed by atoms with van der Waals surface area (Å²) in [6.07, 6.45) is -5.29. The number of pyridine rings is 2. The molecule has 64 heavy (non-hydrogen) atoms. The number of halogens is 5. The number of nitrogens with zero attached hydrogens (tertiary/aromatic N) is 5. The van der Waals surface area contributed by atoms with Crippen LogP contribution in [-0.2, 0) is 13.9 Å². The predicted octanol–water partition coefficient (Wildman–Crippen LogP) is 10.6. The smallest absolute Gasteiger partial charge is 0.472 e. The maximum atomic E-state index is 17.9. The summed E-state index contributed by atoms with van der Waals surface area (Å²) in [6.45, 7) is 24.4. The molecule has 3 aliphatic heterocycles. The van der Waals surface area contributed by atoms with Crippen molar-refractivity contribution < 1.29 is 54.9 Å². The van der Waals surface area contributed by atoms with Crippen LogP contribution in [0.4, 0.5) is 43.0 Å². The van der Waals surface area contributed by atoms with Crippen LogP contribution in [0.2, 0.25) is 18.1 Å². The average molecular weight is 918 g/mol. The van der Waals surface area contributed by atoms with Gasteiger partial charge in [0.15, 0.2) is 25.7 Å². The van der Waals surface area contributed by atoms with Gasteiger partial charge < -0.3 is 28.3 Å². The Morgan fingerprint density at radius 2 is 1.66 bits per heavy atom. The first-order valence-corrected chi connectivity index (χ1v) is 24.0. The van der Waals surface area contributed by atoms with E-state index in [0.717, 1.165) is 6.07 Å². The van der Waals surface area contributed by atoms with Gasteiger partial charge in [-0.3, -0.25) is 15.3 Å².